The second-order valence-electron chi connectivity index (χ2n) is 3.93. The minimum absolute atomic E-state index is 0.266. The molecule has 0 fully saturated rings. The Bertz CT molecular complexity index is 604. The van der Waals surface area contributed by atoms with Crippen molar-refractivity contribution in [1.82, 2.24) is 9.97 Å². The minimum Gasteiger partial charge on any atom is -0.374 e. The summed E-state index contributed by atoms with van der Waals surface area (Å²) in [5.74, 6) is -0.598. The minimum atomic E-state index is -0.620. The van der Waals surface area contributed by atoms with Gasteiger partial charge in [0.2, 0.25) is 0 Å². The van der Waals surface area contributed by atoms with Gasteiger partial charge in [0.15, 0.2) is 0 Å². The molecular formula is C12H11FN4O2. The summed E-state index contributed by atoms with van der Waals surface area (Å²) in [6.45, 7) is 1.85. The van der Waals surface area contributed by atoms with Gasteiger partial charge in [-0.3, -0.25) is 10.1 Å². The van der Waals surface area contributed by atoms with E-state index in [0.717, 1.165) is 6.07 Å². The number of nitro benzene ring substituents is 1. The third-order valence-electron chi connectivity index (χ3n) is 2.58. The molecular weight excluding hydrogens is 251 g/mol. The van der Waals surface area contributed by atoms with Crippen LogP contribution in [0.25, 0.3) is 0 Å². The van der Waals surface area contributed by atoms with Crippen molar-refractivity contribution in [2.45, 2.75) is 13.5 Å². The Morgan fingerprint density at radius 1 is 1.47 bits per heavy atom. The van der Waals surface area contributed by atoms with Crippen molar-refractivity contribution in [2.24, 2.45) is 0 Å². The molecule has 1 heterocycles. The number of nitrogens with zero attached hydrogens (tertiary/aromatic N) is 3. The van der Waals surface area contributed by atoms with Crippen molar-refractivity contribution in [3.05, 3.63) is 57.9 Å². The van der Waals surface area contributed by atoms with Gasteiger partial charge in [0.25, 0.3) is 5.69 Å². The van der Waals surface area contributed by atoms with E-state index in [9.17, 15) is 14.5 Å². The number of rotatable bonds is 4. The molecule has 7 heteroatoms. The maximum atomic E-state index is 13.3. The van der Waals surface area contributed by atoms with Crippen molar-refractivity contribution >= 4 is 11.4 Å². The summed E-state index contributed by atoms with van der Waals surface area (Å²) in [6.07, 6.45) is 2.97. The lowest BCUT2D eigenvalue weighted by Crippen LogP contribution is -2.05. The lowest BCUT2D eigenvalue weighted by Gasteiger charge is -2.08. The Morgan fingerprint density at radius 2 is 2.26 bits per heavy atom. The fourth-order valence-electron chi connectivity index (χ4n) is 1.57. The van der Waals surface area contributed by atoms with E-state index < -0.39 is 10.7 Å². The number of anilines is 1. The van der Waals surface area contributed by atoms with Crippen LogP contribution in [0.3, 0.4) is 0 Å². The molecule has 0 unspecified atom stereocenters. The summed E-state index contributed by atoms with van der Waals surface area (Å²) in [4.78, 5) is 18.0. The Hall–Kier alpha value is -2.57. The van der Waals surface area contributed by atoms with Crippen LogP contribution in [-0.2, 0) is 6.54 Å². The molecule has 1 N–H and O–H groups in total. The number of aryl methyl sites for hydroxylation is 1. The zero-order valence-electron chi connectivity index (χ0n) is 10.1. The van der Waals surface area contributed by atoms with Gasteiger partial charge in [-0.1, -0.05) is 0 Å². The Labute approximate surface area is 108 Å². The first-order valence-electron chi connectivity index (χ1n) is 5.51. The summed E-state index contributed by atoms with van der Waals surface area (Å²) < 4.78 is 13.3. The van der Waals surface area contributed by atoms with Gasteiger partial charge in [0.1, 0.15) is 17.8 Å². The summed E-state index contributed by atoms with van der Waals surface area (Å²) in [5.41, 5.74) is 1.00. The first-order valence-corrected chi connectivity index (χ1v) is 5.51. The van der Waals surface area contributed by atoms with Crippen LogP contribution in [0.1, 0.15) is 11.3 Å². The maximum absolute atomic E-state index is 13.3. The van der Waals surface area contributed by atoms with Crippen LogP contribution >= 0.6 is 0 Å². The third kappa shape index (κ3) is 3.01. The molecule has 0 saturated heterocycles. The van der Waals surface area contributed by atoms with Gasteiger partial charge in [-0.2, -0.15) is 0 Å². The molecule has 19 heavy (non-hydrogen) atoms. The predicted molar refractivity (Wildman–Crippen MR) is 67.2 cm³/mol. The van der Waals surface area contributed by atoms with Crippen LogP contribution in [0.5, 0.6) is 0 Å². The molecule has 0 aliphatic heterocycles. The van der Waals surface area contributed by atoms with Gasteiger partial charge in [0, 0.05) is 6.20 Å². The number of hydrogen-bond acceptors (Lipinski definition) is 5. The van der Waals surface area contributed by atoms with Gasteiger partial charge in [-0.05, 0) is 24.6 Å². The molecule has 2 rings (SSSR count). The molecule has 98 valence electrons. The third-order valence-corrected chi connectivity index (χ3v) is 2.58. The smallest absolute Gasteiger partial charge is 0.295 e. The van der Waals surface area contributed by atoms with Gasteiger partial charge < -0.3 is 5.32 Å². The van der Waals surface area contributed by atoms with E-state index in [1.54, 1.807) is 19.2 Å². The molecule has 0 spiro atoms. The number of halogens is 1. The van der Waals surface area contributed by atoms with Gasteiger partial charge in [0.05, 0.1) is 23.2 Å². The van der Waals surface area contributed by atoms with E-state index in [1.807, 2.05) is 0 Å². The van der Waals surface area contributed by atoms with Crippen LogP contribution < -0.4 is 5.32 Å². The normalized spacial score (nSPS) is 10.2. The van der Waals surface area contributed by atoms with E-state index in [1.165, 1.54) is 12.4 Å². The molecule has 0 atom stereocenters. The molecule has 0 aliphatic rings. The van der Waals surface area contributed by atoms with Crippen LogP contribution in [0.15, 0.2) is 30.7 Å². The molecule has 0 bridgehead atoms. The summed E-state index contributed by atoms with van der Waals surface area (Å²) in [6, 6.07) is 4.02. The number of benzene rings is 1. The van der Waals surface area contributed by atoms with Crippen LogP contribution in [0.2, 0.25) is 0 Å². The number of nitrogens with one attached hydrogen (secondary N) is 1. The van der Waals surface area contributed by atoms with Crippen molar-refractivity contribution in [1.29, 1.82) is 0 Å². The fourth-order valence-corrected chi connectivity index (χ4v) is 1.57. The van der Waals surface area contributed by atoms with Crippen LogP contribution in [-0.4, -0.2) is 14.9 Å². The van der Waals surface area contributed by atoms with Gasteiger partial charge >= 0.3 is 0 Å². The Morgan fingerprint density at radius 3 is 2.89 bits per heavy atom. The largest absolute Gasteiger partial charge is 0.374 e. The molecule has 0 amide bonds. The second kappa shape index (κ2) is 5.38. The topological polar surface area (TPSA) is 81.0 Å². The summed E-state index contributed by atoms with van der Waals surface area (Å²) in [7, 11) is 0. The van der Waals surface area contributed by atoms with E-state index in [-0.39, 0.29) is 11.4 Å². The second-order valence-corrected chi connectivity index (χ2v) is 3.93. The highest BCUT2D eigenvalue weighted by molar-refractivity contribution is 5.63. The van der Waals surface area contributed by atoms with Crippen molar-refractivity contribution in [3.63, 3.8) is 0 Å². The lowest BCUT2D eigenvalue weighted by molar-refractivity contribution is -0.384. The summed E-state index contributed by atoms with van der Waals surface area (Å²) in [5, 5.41) is 13.8. The van der Waals surface area contributed by atoms with E-state index in [0.29, 0.717) is 17.8 Å². The SMILES string of the molecule is Cc1cc(NCc2ccncn2)c([N+](=O)[O-])cc1F. The molecule has 2 aromatic rings. The van der Waals surface area contributed by atoms with Crippen molar-refractivity contribution < 1.29 is 9.31 Å². The highest BCUT2D eigenvalue weighted by Crippen LogP contribution is 2.27. The number of hydrogen-bond donors (Lipinski definition) is 1. The molecule has 1 aromatic carbocycles. The Balaban J connectivity index is 2.24. The zero-order valence-corrected chi connectivity index (χ0v) is 10.1. The average Bonchev–Trinajstić information content (AvgIpc) is 2.40. The zero-order chi connectivity index (χ0) is 13.8. The van der Waals surface area contributed by atoms with E-state index in [2.05, 4.69) is 15.3 Å². The van der Waals surface area contributed by atoms with Gasteiger partial charge in [-0.15, -0.1) is 0 Å². The van der Waals surface area contributed by atoms with E-state index in [4.69, 9.17) is 0 Å². The standard InChI is InChI=1S/C12H11FN4O2/c1-8-4-11(12(17(18)19)5-10(8)13)15-6-9-2-3-14-7-16-9/h2-5,7,15H,6H2,1H3. The highest BCUT2D eigenvalue weighted by Gasteiger charge is 2.16. The van der Waals surface area contributed by atoms with Crippen LogP contribution in [0, 0.1) is 22.9 Å². The molecule has 0 saturated carbocycles. The number of aromatic nitrogens is 2. The quantitative estimate of drug-likeness (QED) is 0.676. The average molecular weight is 262 g/mol. The highest BCUT2D eigenvalue weighted by atomic mass is 19.1. The Kier molecular flexibility index (Phi) is 3.65. The summed E-state index contributed by atoms with van der Waals surface area (Å²) >= 11 is 0. The fraction of sp³-hybridized carbons (Fsp3) is 0.167. The molecule has 6 nitrogen and oxygen atoms in total. The molecule has 0 radical (unpaired) electrons. The first-order chi connectivity index (χ1) is 9.08. The predicted octanol–water partition coefficient (Wildman–Crippen LogP) is 2.44. The maximum Gasteiger partial charge on any atom is 0.295 e. The monoisotopic (exact) mass is 262 g/mol. The molecule has 1 aromatic heterocycles. The first kappa shape index (κ1) is 12.9. The lowest BCUT2D eigenvalue weighted by atomic mass is 10.1. The van der Waals surface area contributed by atoms with Crippen molar-refractivity contribution in [3.8, 4) is 0 Å². The van der Waals surface area contributed by atoms with Crippen LogP contribution in [0.4, 0.5) is 15.8 Å². The van der Waals surface area contributed by atoms with Gasteiger partial charge in [-0.25, -0.2) is 14.4 Å². The molecule has 0 aliphatic carbocycles. The number of nitro groups is 1. The van der Waals surface area contributed by atoms with Crippen molar-refractivity contribution in [2.75, 3.05) is 5.32 Å². The van der Waals surface area contributed by atoms with E-state index >= 15 is 0 Å².